The molecule has 114 valence electrons. The zero-order chi connectivity index (χ0) is 15.6. The Kier molecular flexibility index (Phi) is 5.17. The van der Waals surface area contributed by atoms with Gasteiger partial charge in [0.25, 0.3) is 0 Å². The van der Waals surface area contributed by atoms with E-state index >= 15 is 0 Å². The highest BCUT2D eigenvalue weighted by atomic mass is 79.9. The summed E-state index contributed by atoms with van der Waals surface area (Å²) in [5, 5.41) is 7.43. The minimum absolute atomic E-state index is 0.193. The largest absolute Gasteiger partial charge is 0.339 e. The fourth-order valence-corrected chi connectivity index (χ4v) is 2.82. The van der Waals surface area contributed by atoms with Crippen LogP contribution in [0.4, 0.5) is 0 Å². The lowest BCUT2D eigenvalue weighted by Gasteiger charge is -2.18. The molecule has 0 spiro atoms. The number of likely N-dealkylation sites (N-methyl/N-ethyl adjacent to an activating group) is 1. The molecule has 0 aliphatic rings. The summed E-state index contributed by atoms with van der Waals surface area (Å²) in [5.74, 6) is 1.53. The van der Waals surface area contributed by atoms with Gasteiger partial charge in [0.1, 0.15) is 0 Å². The Labute approximate surface area is 134 Å². The normalized spacial score (nSPS) is 14.2. The van der Waals surface area contributed by atoms with Gasteiger partial charge in [-0.05, 0) is 50.6 Å². The van der Waals surface area contributed by atoms with Crippen molar-refractivity contribution in [3.05, 3.63) is 33.6 Å². The molecule has 0 fully saturated rings. The van der Waals surface area contributed by atoms with Gasteiger partial charge in [-0.2, -0.15) is 4.98 Å². The minimum Gasteiger partial charge on any atom is -0.339 e. The second-order valence-electron chi connectivity index (χ2n) is 5.47. The van der Waals surface area contributed by atoms with E-state index in [1.165, 1.54) is 11.1 Å². The maximum absolute atomic E-state index is 5.46. The van der Waals surface area contributed by atoms with Crippen LogP contribution in [0, 0.1) is 13.8 Å². The van der Waals surface area contributed by atoms with Crippen LogP contribution in [0.15, 0.2) is 21.1 Å². The third kappa shape index (κ3) is 3.35. The van der Waals surface area contributed by atoms with E-state index in [1.54, 1.807) is 0 Å². The molecule has 1 heterocycles. The van der Waals surface area contributed by atoms with Gasteiger partial charge in [0.15, 0.2) is 0 Å². The fraction of sp³-hybridized carbons (Fsp3) is 0.500. The molecule has 0 bridgehead atoms. The van der Waals surface area contributed by atoms with Gasteiger partial charge in [-0.1, -0.05) is 34.9 Å². The van der Waals surface area contributed by atoms with Gasteiger partial charge in [-0.25, -0.2) is 0 Å². The van der Waals surface area contributed by atoms with E-state index in [9.17, 15) is 0 Å². The molecule has 2 rings (SSSR count). The zero-order valence-corrected chi connectivity index (χ0v) is 14.8. The summed E-state index contributed by atoms with van der Waals surface area (Å²) in [6.07, 6.45) is 1.02. The van der Waals surface area contributed by atoms with Crippen LogP contribution in [0.2, 0.25) is 0 Å². The number of nitrogens with one attached hydrogen (secondary N) is 1. The van der Waals surface area contributed by atoms with Crippen LogP contribution in [-0.2, 0) is 0 Å². The van der Waals surface area contributed by atoms with Gasteiger partial charge in [-0.15, -0.1) is 0 Å². The molecule has 21 heavy (non-hydrogen) atoms. The molecule has 0 aliphatic heterocycles. The third-order valence-corrected chi connectivity index (χ3v) is 5.19. The van der Waals surface area contributed by atoms with Crippen molar-refractivity contribution >= 4 is 15.9 Å². The van der Waals surface area contributed by atoms with Crippen molar-refractivity contribution in [2.45, 2.75) is 46.1 Å². The third-order valence-electron chi connectivity index (χ3n) is 3.94. The quantitative estimate of drug-likeness (QED) is 0.876. The van der Waals surface area contributed by atoms with E-state index in [2.05, 4.69) is 71.2 Å². The highest BCUT2D eigenvalue weighted by molar-refractivity contribution is 9.10. The summed E-state index contributed by atoms with van der Waals surface area (Å²) in [6.45, 7) is 8.40. The van der Waals surface area contributed by atoms with Crippen LogP contribution in [-0.4, -0.2) is 23.2 Å². The van der Waals surface area contributed by atoms with Crippen LogP contribution in [0.1, 0.15) is 43.2 Å². The first-order valence-corrected chi connectivity index (χ1v) is 8.05. The van der Waals surface area contributed by atoms with Crippen LogP contribution in [0.3, 0.4) is 0 Å². The molecule has 0 amide bonds. The number of aromatic nitrogens is 2. The molecule has 0 saturated carbocycles. The molecule has 2 unspecified atom stereocenters. The molecule has 0 saturated heterocycles. The van der Waals surface area contributed by atoms with E-state index in [0.717, 1.165) is 16.5 Å². The molecular formula is C16H22BrN3O. The minimum atomic E-state index is 0.193. The molecule has 1 aromatic heterocycles. The molecule has 4 nitrogen and oxygen atoms in total. The van der Waals surface area contributed by atoms with Crippen molar-refractivity contribution in [1.82, 2.24) is 15.5 Å². The SMILES string of the molecule is CCC(NC)C(C)c1nc(-c2cc(C)c(Br)c(C)c2)no1. The van der Waals surface area contributed by atoms with Crippen molar-refractivity contribution in [2.24, 2.45) is 0 Å². The number of hydrogen-bond acceptors (Lipinski definition) is 4. The zero-order valence-electron chi connectivity index (χ0n) is 13.2. The van der Waals surface area contributed by atoms with Gasteiger partial charge in [0, 0.05) is 16.1 Å². The first kappa shape index (κ1) is 16.2. The predicted molar refractivity (Wildman–Crippen MR) is 88.5 cm³/mol. The average Bonchev–Trinajstić information content (AvgIpc) is 2.95. The van der Waals surface area contributed by atoms with Crippen molar-refractivity contribution in [1.29, 1.82) is 0 Å². The Hall–Kier alpha value is -1.20. The van der Waals surface area contributed by atoms with E-state index in [0.29, 0.717) is 17.8 Å². The molecule has 1 N–H and O–H groups in total. The molecule has 2 aromatic rings. The Morgan fingerprint density at radius 1 is 1.29 bits per heavy atom. The van der Waals surface area contributed by atoms with Gasteiger partial charge in [0.05, 0.1) is 5.92 Å². The van der Waals surface area contributed by atoms with Gasteiger partial charge >= 0.3 is 0 Å². The van der Waals surface area contributed by atoms with Crippen molar-refractivity contribution < 1.29 is 4.52 Å². The highest BCUT2D eigenvalue weighted by Gasteiger charge is 2.22. The number of benzene rings is 1. The van der Waals surface area contributed by atoms with E-state index in [1.807, 2.05) is 7.05 Å². The Morgan fingerprint density at radius 3 is 2.43 bits per heavy atom. The summed E-state index contributed by atoms with van der Waals surface area (Å²) in [7, 11) is 1.96. The lowest BCUT2D eigenvalue weighted by molar-refractivity contribution is 0.326. The first-order chi connectivity index (χ1) is 9.97. The van der Waals surface area contributed by atoms with E-state index in [-0.39, 0.29) is 5.92 Å². The van der Waals surface area contributed by atoms with Crippen LogP contribution >= 0.6 is 15.9 Å². The van der Waals surface area contributed by atoms with Gasteiger partial charge in [0.2, 0.25) is 11.7 Å². The van der Waals surface area contributed by atoms with E-state index in [4.69, 9.17) is 4.52 Å². The molecule has 0 aliphatic carbocycles. The summed E-state index contributed by atoms with van der Waals surface area (Å²) in [5.41, 5.74) is 3.34. The highest BCUT2D eigenvalue weighted by Crippen LogP contribution is 2.28. The predicted octanol–water partition coefficient (Wildman–Crippen LogP) is 4.22. The molecular weight excluding hydrogens is 330 g/mol. The monoisotopic (exact) mass is 351 g/mol. The first-order valence-electron chi connectivity index (χ1n) is 7.25. The Morgan fingerprint density at radius 2 is 1.90 bits per heavy atom. The number of nitrogens with zero attached hydrogens (tertiary/aromatic N) is 2. The number of aryl methyl sites for hydroxylation is 2. The number of rotatable bonds is 5. The van der Waals surface area contributed by atoms with Crippen LogP contribution in [0.5, 0.6) is 0 Å². The Balaban J connectivity index is 2.32. The van der Waals surface area contributed by atoms with Crippen LogP contribution < -0.4 is 5.32 Å². The summed E-state index contributed by atoms with van der Waals surface area (Å²) in [4.78, 5) is 4.58. The topological polar surface area (TPSA) is 51.0 Å². The number of hydrogen-bond donors (Lipinski definition) is 1. The van der Waals surface area contributed by atoms with Crippen molar-refractivity contribution in [3.63, 3.8) is 0 Å². The molecule has 0 radical (unpaired) electrons. The van der Waals surface area contributed by atoms with Gasteiger partial charge in [-0.3, -0.25) is 0 Å². The second-order valence-corrected chi connectivity index (χ2v) is 6.27. The maximum atomic E-state index is 5.46. The Bertz CT molecular complexity index is 597. The second kappa shape index (κ2) is 6.71. The molecule has 2 atom stereocenters. The summed E-state index contributed by atoms with van der Waals surface area (Å²) >= 11 is 3.58. The fourth-order valence-electron chi connectivity index (χ4n) is 2.59. The average molecular weight is 352 g/mol. The lowest BCUT2D eigenvalue weighted by atomic mass is 10.00. The molecule has 1 aromatic carbocycles. The van der Waals surface area contributed by atoms with Crippen molar-refractivity contribution in [3.8, 4) is 11.4 Å². The van der Waals surface area contributed by atoms with E-state index < -0.39 is 0 Å². The summed E-state index contributed by atoms with van der Waals surface area (Å²) in [6, 6.07) is 4.49. The smallest absolute Gasteiger partial charge is 0.231 e. The maximum Gasteiger partial charge on any atom is 0.231 e. The number of halogens is 1. The standard InChI is InChI=1S/C16H22BrN3O/c1-6-13(18-5)11(4)16-19-15(20-21-16)12-7-9(2)14(17)10(3)8-12/h7-8,11,13,18H,6H2,1-5H3. The van der Waals surface area contributed by atoms with Gasteiger partial charge < -0.3 is 9.84 Å². The molecule has 5 heteroatoms. The van der Waals surface area contributed by atoms with Crippen molar-refractivity contribution in [2.75, 3.05) is 7.05 Å². The lowest BCUT2D eigenvalue weighted by Crippen LogP contribution is -2.30. The summed E-state index contributed by atoms with van der Waals surface area (Å²) < 4.78 is 6.59. The van der Waals surface area contributed by atoms with Crippen LogP contribution in [0.25, 0.3) is 11.4 Å².